The molecule has 2 heterocycles. The van der Waals surface area contributed by atoms with Crippen LogP contribution in [0, 0.1) is 18.8 Å². The Labute approximate surface area is 223 Å². The van der Waals surface area contributed by atoms with Gasteiger partial charge in [-0.1, -0.05) is 38.3 Å². The Morgan fingerprint density at radius 1 is 1.05 bits per heavy atom. The fraction of sp³-hybridized carbons (Fsp3) is 0.536. The van der Waals surface area contributed by atoms with E-state index in [0.717, 1.165) is 62.6 Å². The van der Waals surface area contributed by atoms with Crippen LogP contribution in [0.25, 0.3) is 11.0 Å². The van der Waals surface area contributed by atoms with E-state index in [-0.39, 0.29) is 21.9 Å². The zero-order valence-corrected chi connectivity index (χ0v) is 23.3. The van der Waals surface area contributed by atoms with Crippen LogP contribution in [0.5, 0.6) is 0 Å². The summed E-state index contributed by atoms with van der Waals surface area (Å²) in [6, 6.07) is 6.89. The largest absolute Gasteiger partial charge is 0.324 e. The molecule has 0 unspecified atom stereocenters. The third-order valence-electron chi connectivity index (χ3n) is 8.29. The predicted octanol–water partition coefficient (Wildman–Crippen LogP) is 6.60. The van der Waals surface area contributed by atoms with Crippen molar-refractivity contribution >= 4 is 44.1 Å². The first-order valence-electron chi connectivity index (χ1n) is 13.3. The number of halogens is 1. The number of hydrogen-bond acceptors (Lipinski definition) is 6. The maximum atomic E-state index is 13.4. The van der Waals surface area contributed by atoms with E-state index in [1.807, 2.05) is 6.92 Å². The van der Waals surface area contributed by atoms with Gasteiger partial charge in [-0.15, -0.1) is 0 Å². The number of aryl methyl sites for hydroxylation is 1. The van der Waals surface area contributed by atoms with Crippen molar-refractivity contribution in [1.82, 2.24) is 14.5 Å². The van der Waals surface area contributed by atoms with Crippen LogP contribution in [0.15, 0.2) is 40.2 Å². The standard InChI is InChI=1S/C28H35ClN4O3S/c1-17(2)19-8-10-22(11-9-19)37(35,36)23-12-13-25(18(3)14-23)31-28-30-16-20-15-24(29)27(34)33(26(20)32-28)21-6-4-5-7-21/h12-17,19,21-22H,4-11H2,1-3H3,(H,30,31,32). The molecule has 7 nitrogen and oxygen atoms in total. The molecular weight excluding hydrogens is 508 g/mol. The average molecular weight is 543 g/mol. The van der Waals surface area contributed by atoms with Gasteiger partial charge in [0, 0.05) is 23.3 Å². The Bertz CT molecular complexity index is 1470. The maximum Gasteiger partial charge on any atom is 0.271 e. The molecule has 9 heteroatoms. The molecule has 198 valence electrons. The Balaban J connectivity index is 1.40. The third-order valence-corrected chi connectivity index (χ3v) is 10.8. The van der Waals surface area contributed by atoms with Gasteiger partial charge in [-0.25, -0.2) is 13.4 Å². The van der Waals surface area contributed by atoms with E-state index in [4.69, 9.17) is 11.6 Å². The fourth-order valence-corrected chi connectivity index (χ4v) is 8.06. The van der Waals surface area contributed by atoms with Crippen LogP contribution in [0.1, 0.15) is 76.8 Å². The maximum absolute atomic E-state index is 13.4. The highest BCUT2D eigenvalue weighted by Gasteiger charge is 2.33. The lowest BCUT2D eigenvalue weighted by molar-refractivity contribution is 0.280. The van der Waals surface area contributed by atoms with Crippen molar-refractivity contribution in [3.05, 3.63) is 51.4 Å². The van der Waals surface area contributed by atoms with E-state index in [0.29, 0.717) is 33.7 Å². The molecule has 0 radical (unpaired) electrons. The van der Waals surface area contributed by atoms with Gasteiger partial charge in [0.25, 0.3) is 5.56 Å². The number of benzene rings is 1. The molecule has 1 N–H and O–H groups in total. The summed E-state index contributed by atoms with van der Waals surface area (Å²) in [5.74, 6) is 1.56. The van der Waals surface area contributed by atoms with Gasteiger partial charge in [0.05, 0.1) is 10.1 Å². The summed E-state index contributed by atoms with van der Waals surface area (Å²) in [5, 5.41) is 3.80. The second-order valence-corrected chi connectivity index (χ2v) is 13.6. The molecule has 3 aromatic rings. The van der Waals surface area contributed by atoms with Crippen molar-refractivity contribution in [2.75, 3.05) is 5.32 Å². The number of hydrogen-bond donors (Lipinski definition) is 1. The number of nitrogens with one attached hydrogen (secondary N) is 1. The van der Waals surface area contributed by atoms with Crippen molar-refractivity contribution < 1.29 is 8.42 Å². The first-order chi connectivity index (χ1) is 17.6. The van der Waals surface area contributed by atoms with Crippen LogP contribution < -0.4 is 10.9 Å². The molecule has 2 aromatic heterocycles. The highest BCUT2D eigenvalue weighted by molar-refractivity contribution is 7.92. The molecule has 0 bridgehead atoms. The predicted molar refractivity (Wildman–Crippen MR) is 149 cm³/mol. The summed E-state index contributed by atoms with van der Waals surface area (Å²) in [5.41, 5.74) is 1.86. The van der Waals surface area contributed by atoms with Gasteiger partial charge in [-0.2, -0.15) is 4.98 Å². The number of pyridine rings is 1. The molecule has 2 aliphatic rings. The van der Waals surface area contributed by atoms with Gasteiger partial charge in [-0.05, 0) is 87.1 Å². The summed E-state index contributed by atoms with van der Waals surface area (Å²) < 4.78 is 28.4. The molecule has 37 heavy (non-hydrogen) atoms. The molecular formula is C28H35ClN4O3S. The van der Waals surface area contributed by atoms with Gasteiger partial charge in [0.1, 0.15) is 10.7 Å². The minimum Gasteiger partial charge on any atom is -0.324 e. The number of nitrogens with zero attached hydrogens (tertiary/aromatic N) is 3. The van der Waals surface area contributed by atoms with Gasteiger partial charge >= 0.3 is 0 Å². The van der Waals surface area contributed by atoms with E-state index >= 15 is 0 Å². The van der Waals surface area contributed by atoms with Crippen LogP contribution in [-0.4, -0.2) is 28.2 Å². The molecule has 1 aromatic carbocycles. The van der Waals surface area contributed by atoms with Crippen molar-refractivity contribution in [3.8, 4) is 0 Å². The van der Waals surface area contributed by atoms with Crippen LogP contribution in [-0.2, 0) is 9.84 Å². The van der Waals surface area contributed by atoms with Gasteiger partial charge in [-0.3, -0.25) is 9.36 Å². The summed E-state index contributed by atoms with van der Waals surface area (Å²) in [6.45, 7) is 6.32. The third kappa shape index (κ3) is 5.15. The Morgan fingerprint density at radius 3 is 2.41 bits per heavy atom. The lowest BCUT2D eigenvalue weighted by atomic mass is 9.81. The molecule has 0 saturated heterocycles. The van der Waals surface area contributed by atoms with Gasteiger partial charge in [0.15, 0.2) is 9.84 Å². The number of rotatable bonds is 6. The lowest BCUT2D eigenvalue weighted by Gasteiger charge is -2.30. The normalized spacial score (nSPS) is 21.1. The zero-order chi connectivity index (χ0) is 26.3. The van der Waals surface area contributed by atoms with E-state index in [1.54, 1.807) is 35.0 Å². The lowest BCUT2D eigenvalue weighted by Crippen LogP contribution is -2.29. The molecule has 2 aliphatic carbocycles. The fourth-order valence-electron chi connectivity index (χ4n) is 5.98. The number of aromatic nitrogens is 3. The number of anilines is 2. The van der Waals surface area contributed by atoms with E-state index in [1.165, 1.54) is 0 Å². The molecule has 0 atom stereocenters. The average Bonchev–Trinajstić information content (AvgIpc) is 3.40. The highest BCUT2D eigenvalue weighted by atomic mass is 35.5. The van der Waals surface area contributed by atoms with Gasteiger partial charge in [0.2, 0.25) is 5.95 Å². The van der Waals surface area contributed by atoms with E-state index < -0.39 is 9.84 Å². The summed E-state index contributed by atoms with van der Waals surface area (Å²) >= 11 is 6.24. The first-order valence-corrected chi connectivity index (χ1v) is 15.3. The SMILES string of the molecule is Cc1cc(S(=O)(=O)C2CCC(C(C)C)CC2)ccc1Nc1ncc2cc(Cl)c(=O)n(C3CCCC3)c2n1. The first kappa shape index (κ1) is 26.2. The minimum atomic E-state index is -3.39. The van der Waals surface area contributed by atoms with Crippen LogP contribution in [0.4, 0.5) is 11.6 Å². The van der Waals surface area contributed by atoms with Crippen LogP contribution in [0.2, 0.25) is 5.02 Å². The summed E-state index contributed by atoms with van der Waals surface area (Å²) in [4.78, 5) is 22.4. The van der Waals surface area contributed by atoms with Crippen LogP contribution in [0.3, 0.4) is 0 Å². The topological polar surface area (TPSA) is 94.0 Å². The minimum absolute atomic E-state index is 0.0817. The van der Waals surface area contributed by atoms with Crippen molar-refractivity contribution in [2.24, 2.45) is 11.8 Å². The number of fused-ring (bicyclic) bond motifs is 1. The molecule has 5 rings (SSSR count). The molecule has 2 saturated carbocycles. The Morgan fingerprint density at radius 2 is 1.76 bits per heavy atom. The Kier molecular flexibility index (Phi) is 7.33. The highest BCUT2D eigenvalue weighted by Crippen LogP contribution is 2.36. The van der Waals surface area contributed by atoms with Crippen molar-refractivity contribution in [3.63, 3.8) is 0 Å². The monoisotopic (exact) mass is 542 g/mol. The smallest absolute Gasteiger partial charge is 0.271 e. The molecule has 0 aliphatic heterocycles. The molecule has 0 spiro atoms. The van der Waals surface area contributed by atoms with Gasteiger partial charge < -0.3 is 5.32 Å². The second kappa shape index (κ2) is 10.4. The molecule has 0 amide bonds. The van der Waals surface area contributed by atoms with E-state index in [9.17, 15) is 13.2 Å². The van der Waals surface area contributed by atoms with Crippen molar-refractivity contribution in [2.45, 2.75) is 88.3 Å². The summed E-state index contributed by atoms with van der Waals surface area (Å²) in [6.07, 6.45) is 9.07. The number of sulfone groups is 1. The second-order valence-electron chi connectivity index (χ2n) is 11.0. The quantitative estimate of drug-likeness (QED) is 0.377. The Hall–Kier alpha value is -2.45. The van der Waals surface area contributed by atoms with Crippen LogP contribution >= 0.6 is 11.6 Å². The zero-order valence-electron chi connectivity index (χ0n) is 21.7. The molecule has 2 fully saturated rings. The van der Waals surface area contributed by atoms with Crippen molar-refractivity contribution in [1.29, 1.82) is 0 Å². The summed E-state index contributed by atoms with van der Waals surface area (Å²) in [7, 11) is -3.39. The van der Waals surface area contributed by atoms with E-state index in [2.05, 4.69) is 29.1 Å².